The van der Waals surface area contributed by atoms with Crippen LogP contribution < -0.4 is 0 Å². The van der Waals surface area contributed by atoms with E-state index in [9.17, 15) is 23.3 Å². The number of esters is 1. The van der Waals surface area contributed by atoms with Gasteiger partial charge in [-0.25, -0.2) is 12.7 Å². The zero-order valence-electron chi connectivity index (χ0n) is 11.7. The molecule has 0 aromatic heterocycles. The average Bonchev–Trinajstić information content (AvgIpc) is 2.46. The summed E-state index contributed by atoms with van der Waals surface area (Å²) in [5, 5.41) is 10.7. The lowest BCUT2D eigenvalue weighted by Gasteiger charge is -2.16. The number of ether oxygens (including phenoxy) is 1. The van der Waals surface area contributed by atoms with Crippen LogP contribution in [0.3, 0.4) is 0 Å². The molecule has 0 aliphatic heterocycles. The van der Waals surface area contributed by atoms with Crippen molar-refractivity contribution in [1.82, 2.24) is 4.31 Å². The summed E-state index contributed by atoms with van der Waals surface area (Å²) in [5.41, 5.74) is -0.293. The minimum absolute atomic E-state index is 0.102. The number of benzene rings is 1. The number of nitrogens with zero attached hydrogens (tertiary/aromatic N) is 2. The highest BCUT2D eigenvalue weighted by atomic mass is 32.2. The minimum atomic E-state index is -3.82. The number of nitro groups is 1. The van der Waals surface area contributed by atoms with Crippen LogP contribution >= 0.6 is 0 Å². The SMILES string of the molecule is COC(=O)CCCN(C)S(=O)(=O)c1cccc([N+](=O)[O-])c1. The highest BCUT2D eigenvalue weighted by molar-refractivity contribution is 7.89. The molecule has 0 spiro atoms. The van der Waals surface area contributed by atoms with Crippen LogP contribution in [0.1, 0.15) is 12.8 Å². The second-order valence-corrected chi connectivity index (χ2v) is 6.31. The number of non-ortho nitro benzene ring substituents is 1. The summed E-state index contributed by atoms with van der Waals surface area (Å²) < 4.78 is 30.0. The Bertz CT molecular complexity index is 628. The molecule has 1 rings (SSSR count). The van der Waals surface area contributed by atoms with E-state index in [1.165, 1.54) is 32.4 Å². The Morgan fingerprint density at radius 1 is 1.43 bits per heavy atom. The Balaban J connectivity index is 2.82. The van der Waals surface area contributed by atoms with Crippen LogP contribution in [0.5, 0.6) is 0 Å². The lowest BCUT2D eigenvalue weighted by Crippen LogP contribution is -2.28. The number of sulfonamides is 1. The van der Waals surface area contributed by atoms with Gasteiger partial charge in [-0.15, -0.1) is 0 Å². The van der Waals surface area contributed by atoms with Gasteiger partial charge in [-0.05, 0) is 12.5 Å². The van der Waals surface area contributed by atoms with Crippen molar-refractivity contribution in [2.45, 2.75) is 17.7 Å². The molecule has 21 heavy (non-hydrogen) atoms. The first-order valence-electron chi connectivity index (χ1n) is 6.06. The van der Waals surface area contributed by atoms with Crippen LogP contribution in [0.25, 0.3) is 0 Å². The predicted octanol–water partition coefficient (Wildman–Crippen LogP) is 1.17. The smallest absolute Gasteiger partial charge is 0.305 e. The van der Waals surface area contributed by atoms with Crippen LogP contribution in [-0.4, -0.2) is 44.3 Å². The van der Waals surface area contributed by atoms with Crippen LogP contribution in [-0.2, 0) is 19.6 Å². The largest absolute Gasteiger partial charge is 0.469 e. The Labute approximate surface area is 122 Å². The number of hydrogen-bond acceptors (Lipinski definition) is 6. The summed E-state index contributed by atoms with van der Waals surface area (Å²) in [6.07, 6.45) is 0.405. The van der Waals surface area contributed by atoms with Crippen LogP contribution in [0, 0.1) is 10.1 Å². The lowest BCUT2D eigenvalue weighted by atomic mass is 10.3. The Morgan fingerprint density at radius 2 is 2.10 bits per heavy atom. The standard InChI is InChI=1S/C12H16N2O6S/c1-13(8-4-7-12(15)20-2)21(18,19)11-6-3-5-10(9-11)14(16)17/h3,5-6,9H,4,7-8H2,1-2H3. The van der Waals surface area contributed by atoms with E-state index >= 15 is 0 Å². The summed E-state index contributed by atoms with van der Waals surface area (Å²) in [6.45, 7) is 0.111. The molecular weight excluding hydrogens is 300 g/mol. The fraction of sp³-hybridized carbons (Fsp3) is 0.417. The van der Waals surface area contributed by atoms with Crippen molar-refractivity contribution in [1.29, 1.82) is 0 Å². The van der Waals surface area contributed by atoms with Gasteiger partial charge < -0.3 is 4.74 Å². The maximum Gasteiger partial charge on any atom is 0.305 e. The molecule has 0 amide bonds. The van der Waals surface area contributed by atoms with Crippen molar-refractivity contribution in [2.24, 2.45) is 0 Å². The third kappa shape index (κ3) is 4.50. The van der Waals surface area contributed by atoms with Gasteiger partial charge in [0.1, 0.15) is 0 Å². The van der Waals surface area contributed by atoms with Crippen molar-refractivity contribution in [2.75, 3.05) is 20.7 Å². The highest BCUT2D eigenvalue weighted by Gasteiger charge is 2.22. The fourth-order valence-corrected chi connectivity index (χ4v) is 2.86. The van der Waals surface area contributed by atoms with Gasteiger partial charge in [0.05, 0.1) is 16.9 Å². The number of carbonyl (C=O) groups is 1. The van der Waals surface area contributed by atoms with E-state index in [4.69, 9.17) is 0 Å². The third-order valence-corrected chi connectivity index (χ3v) is 4.67. The van der Waals surface area contributed by atoms with Gasteiger partial charge in [-0.3, -0.25) is 14.9 Å². The monoisotopic (exact) mass is 316 g/mol. The van der Waals surface area contributed by atoms with Gasteiger partial charge in [0.25, 0.3) is 5.69 Å². The van der Waals surface area contributed by atoms with Crippen molar-refractivity contribution >= 4 is 21.7 Å². The van der Waals surface area contributed by atoms with E-state index in [0.29, 0.717) is 6.42 Å². The average molecular weight is 316 g/mol. The summed E-state index contributed by atoms with van der Waals surface area (Å²) in [5.74, 6) is -0.420. The summed E-state index contributed by atoms with van der Waals surface area (Å²) >= 11 is 0. The first kappa shape index (κ1) is 17.1. The minimum Gasteiger partial charge on any atom is -0.469 e. The van der Waals surface area contributed by atoms with Gasteiger partial charge in [-0.2, -0.15) is 0 Å². The van der Waals surface area contributed by atoms with E-state index < -0.39 is 20.9 Å². The Kier molecular flexibility index (Phi) is 5.79. The first-order valence-corrected chi connectivity index (χ1v) is 7.50. The molecule has 0 fully saturated rings. The normalized spacial score (nSPS) is 11.4. The maximum absolute atomic E-state index is 12.2. The molecule has 1 aromatic carbocycles. The van der Waals surface area contributed by atoms with Gasteiger partial charge >= 0.3 is 5.97 Å². The van der Waals surface area contributed by atoms with Crippen molar-refractivity contribution < 1.29 is 22.9 Å². The molecule has 0 atom stereocenters. The molecule has 0 aliphatic carbocycles. The number of hydrogen-bond donors (Lipinski definition) is 0. The maximum atomic E-state index is 12.2. The van der Waals surface area contributed by atoms with E-state index in [2.05, 4.69) is 4.74 Å². The molecule has 0 radical (unpaired) electrons. The van der Waals surface area contributed by atoms with Gasteiger partial charge in [0.2, 0.25) is 10.0 Å². The van der Waals surface area contributed by atoms with Crippen LogP contribution in [0.4, 0.5) is 5.69 Å². The zero-order chi connectivity index (χ0) is 16.0. The van der Waals surface area contributed by atoms with Gasteiger partial charge in [0.15, 0.2) is 0 Å². The molecule has 9 heteroatoms. The van der Waals surface area contributed by atoms with Gasteiger partial charge in [-0.1, -0.05) is 6.07 Å². The van der Waals surface area contributed by atoms with Crippen molar-refractivity contribution in [3.63, 3.8) is 0 Å². The van der Waals surface area contributed by atoms with Crippen molar-refractivity contribution in [3.8, 4) is 0 Å². The molecule has 0 aliphatic rings. The third-order valence-electron chi connectivity index (χ3n) is 2.82. The molecule has 0 N–H and O–H groups in total. The number of methoxy groups -OCH3 is 1. The summed E-state index contributed by atoms with van der Waals surface area (Å²) in [4.78, 5) is 20.8. The summed E-state index contributed by atoms with van der Waals surface area (Å²) in [7, 11) is -1.21. The second-order valence-electron chi connectivity index (χ2n) is 4.26. The molecule has 8 nitrogen and oxygen atoms in total. The Morgan fingerprint density at radius 3 is 2.67 bits per heavy atom. The van der Waals surface area contributed by atoms with E-state index in [0.717, 1.165) is 10.4 Å². The lowest BCUT2D eigenvalue weighted by molar-refractivity contribution is -0.385. The molecule has 1 aromatic rings. The topological polar surface area (TPSA) is 107 Å². The van der Waals surface area contributed by atoms with Gasteiger partial charge in [0, 0.05) is 32.1 Å². The Hall–Kier alpha value is -2.00. The molecule has 0 saturated heterocycles. The van der Waals surface area contributed by atoms with Crippen LogP contribution in [0.2, 0.25) is 0 Å². The first-order chi connectivity index (χ1) is 9.78. The number of carbonyl (C=O) groups excluding carboxylic acids is 1. The molecule has 116 valence electrons. The molecule has 0 unspecified atom stereocenters. The van der Waals surface area contributed by atoms with E-state index in [1.54, 1.807) is 0 Å². The molecule has 0 saturated carbocycles. The number of nitro benzene ring substituents is 1. The second kappa shape index (κ2) is 7.14. The molecule has 0 bridgehead atoms. The predicted molar refractivity (Wildman–Crippen MR) is 74.2 cm³/mol. The zero-order valence-corrected chi connectivity index (χ0v) is 12.5. The molecule has 0 heterocycles. The molecular formula is C12H16N2O6S. The fourth-order valence-electron chi connectivity index (χ4n) is 1.61. The van der Waals surface area contributed by atoms with Crippen LogP contribution in [0.15, 0.2) is 29.2 Å². The number of rotatable bonds is 7. The van der Waals surface area contributed by atoms with E-state index in [1.807, 2.05) is 0 Å². The van der Waals surface area contributed by atoms with E-state index in [-0.39, 0.29) is 23.5 Å². The quantitative estimate of drug-likeness (QED) is 0.424. The summed E-state index contributed by atoms with van der Waals surface area (Å²) in [6, 6.07) is 4.83. The highest BCUT2D eigenvalue weighted by Crippen LogP contribution is 2.20. The van der Waals surface area contributed by atoms with Crippen molar-refractivity contribution in [3.05, 3.63) is 34.4 Å².